The molecule has 1 aliphatic carbocycles. The van der Waals surface area contributed by atoms with E-state index in [1.54, 1.807) is 0 Å². The largest absolute Gasteiger partial charge is 0.481 e. The Morgan fingerprint density at radius 3 is 2.31 bits per heavy atom. The van der Waals surface area contributed by atoms with Gasteiger partial charge in [-0.3, -0.25) is 4.79 Å². The molecule has 0 aliphatic heterocycles. The first-order valence-electron chi connectivity index (χ1n) is 6.52. The smallest absolute Gasteiger partial charge is 0.310 e. The molecular weight excluding hydrogens is 202 g/mol. The van der Waals surface area contributed by atoms with E-state index in [0.29, 0.717) is 25.4 Å². The van der Waals surface area contributed by atoms with Crippen LogP contribution in [0.15, 0.2) is 0 Å². The van der Waals surface area contributed by atoms with Gasteiger partial charge in [-0.25, -0.2) is 0 Å². The minimum atomic E-state index is -0.661. The molecule has 0 spiro atoms. The molecule has 0 amide bonds. The second kappa shape index (κ2) is 5.67. The van der Waals surface area contributed by atoms with Crippen LogP contribution < -0.4 is 5.32 Å². The molecule has 0 heterocycles. The molecule has 1 rings (SSSR count). The molecule has 0 radical (unpaired) electrons. The molecule has 1 saturated carbocycles. The number of carbonyl (C=O) groups is 1. The van der Waals surface area contributed by atoms with Crippen molar-refractivity contribution in [1.82, 2.24) is 5.32 Å². The summed E-state index contributed by atoms with van der Waals surface area (Å²) < 4.78 is 0. The maximum absolute atomic E-state index is 11.3. The lowest BCUT2D eigenvalue weighted by Crippen LogP contribution is -2.46. The van der Waals surface area contributed by atoms with E-state index in [1.165, 1.54) is 19.3 Å². The number of aliphatic carboxylic acids is 1. The van der Waals surface area contributed by atoms with Crippen molar-refractivity contribution in [3.8, 4) is 0 Å². The third-order valence-corrected chi connectivity index (χ3v) is 4.43. The van der Waals surface area contributed by atoms with Gasteiger partial charge in [0.05, 0.1) is 5.41 Å². The van der Waals surface area contributed by atoms with Gasteiger partial charge in [0, 0.05) is 12.6 Å². The van der Waals surface area contributed by atoms with Gasteiger partial charge < -0.3 is 10.4 Å². The SMILES string of the molecule is CCC(CC)(CNC(C)C1CCC1)C(=O)O. The molecule has 3 heteroatoms. The van der Waals surface area contributed by atoms with Crippen molar-refractivity contribution in [2.45, 2.75) is 58.9 Å². The summed E-state index contributed by atoms with van der Waals surface area (Å²) in [6, 6.07) is 0.463. The van der Waals surface area contributed by atoms with Crippen molar-refractivity contribution in [2.75, 3.05) is 6.54 Å². The first-order valence-corrected chi connectivity index (χ1v) is 6.52. The second-order valence-electron chi connectivity index (χ2n) is 5.15. The predicted octanol–water partition coefficient (Wildman–Crippen LogP) is 2.66. The van der Waals surface area contributed by atoms with Crippen LogP contribution >= 0.6 is 0 Å². The van der Waals surface area contributed by atoms with Gasteiger partial charge >= 0.3 is 5.97 Å². The van der Waals surface area contributed by atoms with Gasteiger partial charge in [-0.2, -0.15) is 0 Å². The van der Waals surface area contributed by atoms with Crippen molar-refractivity contribution in [1.29, 1.82) is 0 Å². The maximum Gasteiger partial charge on any atom is 0.310 e. The molecule has 1 unspecified atom stereocenters. The Labute approximate surface area is 98.6 Å². The van der Waals surface area contributed by atoms with Gasteiger partial charge in [-0.15, -0.1) is 0 Å². The summed E-state index contributed by atoms with van der Waals surface area (Å²) in [6.07, 6.45) is 5.33. The predicted molar refractivity (Wildman–Crippen MR) is 65.5 cm³/mol. The molecule has 0 aromatic rings. The van der Waals surface area contributed by atoms with Crippen LogP contribution in [0.3, 0.4) is 0 Å². The molecule has 0 bridgehead atoms. The first-order chi connectivity index (χ1) is 7.55. The zero-order valence-corrected chi connectivity index (χ0v) is 10.8. The van der Waals surface area contributed by atoms with Crippen molar-refractivity contribution in [2.24, 2.45) is 11.3 Å². The van der Waals surface area contributed by atoms with Gasteiger partial charge in [0.1, 0.15) is 0 Å². The zero-order valence-electron chi connectivity index (χ0n) is 10.8. The summed E-state index contributed by atoms with van der Waals surface area (Å²) in [5.74, 6) is 0.103. The van der Waals surface area contributed by atoms with Gasteiger partial charge in [0.25, 0.3) is 0 Å². The first kappa shape index (κ1) is 13.5. The van der Waals surface area contributed by atoms with Gasteiger partial charge in [0.15, 0.2) is 0 Å². The van der Waals surface area contributed by atoms with Crippen molar-refractivity contribution in [3.05, 3.63) is 0 Å². The van der Waals surface area contributed by atoms with Crippen LogP contribution in [-0.4, -0.2) is 23.7 Å². The van der Waals surface area contributed by atoms with Crippen LogP contribution in [0.25, 0.3) is 0 Å². The normalized spacial score (nSPS) is 19.2. The Morgan fingerprint density at radius 1 is 1.44 bits per heavy atom. The van der Waals surface area contributed by atoms with E-state index in [2.05, 4.69) is 12.2 Å². The monoisotopic (exact) mass is 227 g/mol. The Morgan fingerprint density at radius 2 is 2.00 bits per heavy atom. The van der Waals surface area contributed by atoms with Crippen molar-refractivity contribution in [3.63, 3.8) is 0 Å². The molecule has 0 aromatic carbocycles. The molecule has 0 saturated heterocycles. The zero-order chi connectivity index (χ0) is 12.2. The summed E-state index contributed by atoms with van der Waals surface area (Å²) in [5.41, 5.74) is -0.571. The van der Waals surface area contributed by atoms with Gasteiger partial charge in [-0.05, 0) is 38.5 Å². The van der Waals surface area contributed by atoms with E-state index < -0.39 is 11.4 Å². The number of carboxylic acid groups (broad SMARTS) is 1. The van der Waals surface area contributed by atoms with E-state index in [0.717, 1.165) is 5.92 Å². The molecule has 1 atom stereocenters. The van der Waals surface area contributed by atoms with E-state index >= 15 is 0 Å². The summed E-state index contributed by atoms with van der Waals surface area (Å²) in [5, 5.41) is 12.7. The van der Waals surface area contributed by atoms with E-state index in [9.17, 15) is 9.90 Å². The average molecular weight is 227 g/mol. The van der Waals surface area contributed by atoms with Crippen molar-refractivity contribution < 1.29 is 9.90 Å². The molecule has 0 aromatic heterocycles. The average Bonchev–Trinajstić information content (AvgIpc) is 2.17. The molecule has 1 fully saturated rings. The van der Waals surface area contributed by atoms with Gasteiger partial charge in [-0.1, -0.05) is 20.3 Å². The number of carboxylic acids is 1. The molecule has 94 valence electrons. The van der Waals surface area contributed by atoms with E-state index in [4.69, 9.17) is 0 Å². The molecular formula is C13H25NO2. The van der Waals surface area contributed by atoms with Crippen LogP contribution in [0.1, 0.15) is 52.9 Å². The maximum atomic E-state index is 11.3. The minimum absolute atomic E-state index is 0.463. The minimum Gasteiger partial charge on any atom is -0.481 e. The van der Waals surface area contributed by atoms with Crippen LogP contribution in [-0.2, 0) is 4.79 Å². The highest BCUT2D eigenvalue weighted by Crippen LogP contribution is 2.31. The fraction of sp³-hybridized carbons (Fsp3) is 0.923. The lowest BCUT2D eigenvalue weighted by atomic mass is 9.78. The van der Waals surface area contributed by atoms with E-state index in [-0.39, 0.29) is 0 Å². The third kappa shape index (κ3) is 2.76. The van der Waals surface area contributed by atoms with Crippen LogP contribution in [0.4, 0.5) is 0 Å². The Kier molecular flexibility index (Phi) is 4.78. The van der Waals surface area contributed by atoms with Gasteiger partial charge in [0.2, 0.25) is 0 Å². The fourth-order valence-electron chi connectivity index (χ4n) is 2.34. The fourth-order valence-corrected chi connectivity index (χ4v) is 2.34. The van der Waals surface area contributed by atoms with Crippen LogP contribution in [0.2, 0.25) is 0 Å². The third-order valence-electron chi connectivity index (χ3n) is 4.43. The number of rotatable bonds is 7. The summed E-state index contributed by atoms with van der Waals surface area (Å²) in [4.78, 5) is 11.3. The summed E-state index contributed by atoms with van der Waals surface area (Å²) in [7, 11) is 0. The lowest BCUT2D eigenvalue weighted by molar-refractivity contribution is -0.149. The highest BCUT2D eigenvalue weighted by molar-refractivity contribution is 5.74. The molecule has 2 N–H and O–H groups in total. The highest BCUT2D eigenvalue weighted by Gasteiger charge is 2.35. The van der Waals surface area contributed by atoms with Crippen LogP contribution in [0.5, 0.6) is 0 Å². The van der Waals surface area contributed by atoms with Crippen molar-refractivity contribution >= 4 is 5.97 Å². The number of hydrogen-bond donors (Lipinski definition) is 2. The molecule has 16 heavy (non-hydrogen) atoms. The second-order valence-corrected chi connectivity index (χ2v) is 5.15. The van der Waals surface area contributed by atoms with E-state index in [1.807, 2.05) is 13.8 Å². The summed E-state index contributed by atoms with van der Waals surface area (Å²) in [6.45, 7) is 6.72. The highest BCUT2D eigenvalue weighted by atomic mass is 16.4. The topological polar surface area (TPSA) is 49.3 Å². The Hall–Kier alpha value is -0.570. The molecule has 3 nitrogen and oxygen atoms in total. The molecule has 1 aliphatic rings. The lowest BCUT2D eigenvalue weighted by Gasteiger charge is -2.35. The Balaban J connectivity index is 2.45. The van der Waals surface area contributed by atoms with Crippen LogP contribution in [0, 0.1) is 11.3 Å². The quantitative estimate of drug-likeness (QED) is 0.703. The summed E-state index contributed by atoms with van der Waals surface area (Å²) >= 11 is 0. The Bertz CT molecular complexity index is 232. The number of nitrogens with one attached hydrogen (secondary N) is 1. The standard InChI is InChI=1S/C13H25NO2/c1-4-13(5-2,12(15)16)9-14-10(3)11-7-6-8-11/h10-11,14H,4-9H2,1-3H3,(H,15,16). The number of hydrogen-bond acceptors (Lipinski definition) is 2.